The average molecular weight is 447 g/mol. The summed E-state index contributed by atoms with van der Waals surface area (Å²) in [6.45, 7) is 1.58. The molecule has 0 aliphatic carbocycles. The van der Waals surface area contributed by atoms with Gasteiger partial charge >= 0.3 is 5.97 Å². The Kier molecular flexibility index (Phi) is 6.80. The molecule has 9 heteroatoms. The van der Waals surface area contributed by atoms with Crippen molar-refractivity contribution in [3.05, 3.63) is 77.9 Å². The third kappa shape index (κ3) is 5.27. The van der Waals surface area contributed by atoms with Crippen molar-refractivity contribution in [2.45, 2.75) is 18.9 Å². The van der Waals surface area contributed by atoms with E-state index < -0.39 is 5.97 Å². The Morgan fingerprint density at radius 3 is 2.91 bits per heavy atom. The molecule has 0 radical (unpaired) electrons. The van der Waals surface area contributed by atoms with Crippen molar-refractivity contribution >= 4 is 29.0 Å². The number of nitrogens with one attached hydrogen (secondary N) is 1. The number of nitrogens with two attached hydrogens (primary N) is 1. The molecule has 4 rings (SSSR count). The van der Waals surface area contributed by atoms with Gasteiger partial charge in [-0.3, -0.25) is 0 Å². The molecule has 1 unspecified atom stereocenters. The number of aromatic amines is 1. The van der Waals surface area contributed by atoms with Crippen molar-refractivity contribution in [2.75, 3.05) is 25.2 Å². The molecular formula is C24H26N6O3. The highest BCUT2D eigenvalue weighted by Crippen LogP contribution is 2.26. The van der Waals surface area contributed by atoms with Crippen molar-refractivity contribution in [3.63, 3.8) is 0 Å². The van der Waals surface area contributed by atoms with Crippen molar-refractivity contribution in [1.82, 2.24) is 15.0 Å². The first-order valence-electron chi connectivity index (χ1n) is 10.7. The van der Waals surface area contributed by atoms with Crippen molar-refractivity contribution in [2.24, 2.45) is 10.7 Å². The molecule has 1 saturated heterocycles. The molecule has 9 nitrogen and oxygen atoms in total. The SMILES string of the molecule is COCC1CCCN1c1cccc(N=C(C=C(N)c2cccc(C(=O)O)c2)c2ncc[nH]2)n1. The highest BCUT2D eigenvalue weighted by Gasteiger charge is 2.25. The minimum Gasteiger partial charge on any atom is -0.478 e. The Morgan fingerprint density at radius 1 is 1.33 bits per heavy atom. The molecular weight excluding hydrogens is 420 g/mol. The van der Waals surface area contributed by atoms with Gasteiger partial charge in [0.15, 0.2) is 11.6 Å². The van der Waals surface area contributed by atoms with E-state index in [1.54, 1.807) is 37.7 Å². The zero-order chi connectivity index (χ0) is 23.2. The summed E-state index contributed by atoms with van der Waals surface area (Å²) < 4.78 is 5.36. The molecule has 33 heavy (non-hydrogen) atoms. The third-order valence-corrected chi connectivity index (χ3v) is 5.46. The second-order valence-electron chi connectivity index (χ2n) is 7.72. The van der Waals surface area contributed by atoms with Crippen LogP contribution in [0.1, 0.15) is 34.6 Å². The van der Waals surface area contributed by atoms with E-state index in [-0.39, 0.29) is 5.56 Å². The van der Waals surface area contributed by atoms with Gasteiger partial charge in [0.1, 0.15) is 11.5 Å². The first-order chi connectivity index (χ1) is 16.0. The van der Waals surface area contributed by atoms with Crippen LogP contribution >= 0.6 is 0 Å². The van der Waals surface area contributed by atoms with Gasteiger partial charge in [-0.2, -0.15) is 0 Å². The van der Waals surface area contributed by atoms with Crippen LogP contribution in [0.3, 0.4) is 0 Å². The van der Waals surface area contributed by atoms with E-state index >= 15 is 0 Å². The summed E-state index contributed by atoms with van der Waals surface area (Å²) in [6, 6.07) is 12.5. The van der Waals surface area contributed by atoms with E-state index in [1.165, 1.54) is 12.1 Å². The molecule has 0 spiro atoms. The Bertz CT molecular complexity index is 1170. The standard InChI is InChI=1S/C24H26N6O3/c1-33-15-18-7-4-12-30(18)22-9-3-8-21(29-22)28-20(23-26-10-11-27-23)14-19(25)16-5-2-6-17(13-16)24(31)32/h2-3,5-6,8-11,13-14,18H,4,7,12,15,25H2,1H3,(H,26,27)(H,31,32). The number of aromatic carboxylic acids is 1. The third-order valence-electron chi connectivity index (χ3n) is 5.46. The van der Waals surface area contributed by atoms with Crippen LogP contribution in [0.15, 0.2) is 65.9 Å². The molecule has 170 valence electrons. The molecule has 1 fully saturated rings. The molecule has 4 N–H and O–H groups in total. The molecule has 1 aromatic carbocycles. The lowest BCUT2D eigenvalue weighted by atomic mass is 10.1. The number of carboxylic acid groups (broad SMARTS) is 1. The zero-order valence-electron chi connectivity index (χ0n) is 18.3. The summed E-state index contributed by atoms with van der Waals surface area (Å²) in [6.07, 6.45) is 7.15. The summed E-state index contributed by atoms with van der Waals surface area (Å²) in [7, 11) is 1.71. The number of nitrogens with zero attached hydrogens (tertiary/aromatic N) is 4. The molecule has 1 aliphatic heterocycles. The minimum absolute atomic E-state index is 0.158. The van der Waals surface area contributed by atoms with Gasteiger partial charge in [0, 0.05) is 31.7 Å². The molecule has 3 heterocycles. The number of hydrogen-bond acceptors (Lipinski definition) is 7. The predicted molar refractivity (Wildman–Crippen MR) is 127 cm³/mol. The van der Waals surface area contributed by atoms with Crippen LogP contribution in [0, 0.1) is 0 Å². The molecule has 1 atom stereocenters. The number of anilines is 1. The number of benzene rings is 1. The lowest BCUT2D eigenvalue weighted by Gasteiger charge is -2.25. The fraction of sp³-hybridized carbons (Fsp3) is 0.250. The maximum absolute atomic E-state index is 11.3. The molecule has 2 aromatic heterocycles. The maximum Gasteiger partial charge on any atom is 0.335 e. The van der Waals surface area contributed by atoms with Crippen molar-refractivity contribution < 1.29 is 14.6 Å². The number of H-pyrrole nitrogens is 1. The Balaban J connectivity index is 1.69. The Hall–Kier alpha value is -3.98. The number of imidazole rings is 1. The van der Waals surface area contributed by atoms with Crippen molar-refractivity contribution in [3.8, 4) is 0 Å². The number of aliphatic imine (C=N–C) groups is 1. The van der Waals surface area contributed by atoms with Gasteiger partial charge in [-0.25, -0.2) is 19.8 Å². The Labute approximate surface area is 191 Å². The van der Waals surface area contributed by atoms with Crippen LogP contribution in [0.25, 0.3) is 5.70 Å². The highest BCUT2D eigenvalue weighted by atomic mass is 16.5. The van der Waals surface area contributed by atoms with E-state index in [2.05, 4.69) is 14.9 Å². The number of pyridine rings is 1. The monoisotopic (exact) mass is 446 g/mol. The number of allylic oxidation sites excluding steroid dienone is 1. The number of rotatable bonds is 8. The molecule has 0 saturated carbocycles. The topological polar surface area (TPSA) is 130 Å². The lowest BCUT2D eigenvalue weighted by Crippen LogP contribution is -2.33. The molecule has 1 aliphatic rings. The first kappa shape index (κ1) is 22.2. The fourth-order valence-corrected chi connectivity index (χ4v) is 3.88. The lowest BCUT2D eigenvalue weighted by molar-refractivity contribution is 0.0697. The summed E-state index contributed by atoms with van der Waals surface area (Å²) in [4.78, 5) is 30.4. The Morgan fingerprint density at radius 2 is 2.15 bits per heavy atom. The predicted octanol–water partition coefficient (Wildman–Crippen LogP) is 3.24. The number of ether oxygens (including phenoxy) is 1. The largest absolute Gasteiger partial charge is 0.478 e. The summed E-state index contributed by atoms with van der Waals surface area (Å²) in [5.41, 5.74) is 7.90. The van der Waals surface area contributed by atoms with E-state index in [0.29, 0.717) is 41.3 Å². The second kappa shape index (κ2) is 10.1. The van der Waals surface area contributed by atoms with Gasteiger partial charge in [0.2, 0.25) is 0 Å². The normalized spacial score (nSPS) is 16.9. The van der Waals surface area contributed by atoms with Crippen LogP contribution in [0.2, 0.25) is 0 Å². The first-order valence-corrected chi connectivity index (χ1v) is 10.7. The molecule has 3 aromatic rings. The van der Waals surface area contributed by atoms with Gasteiger partial charge in [-0.1, -0.05) is 18.2 Å². The van der Waals surface area contributed by atoms with Gasteiger partial charge in [0.05, 0.1) is 18.2 Å². The molecule has 0 bridgehead atoms. The summed E-state index contributed by atoms with van der Waals surface area (Å²) >= 11 is 0. The quantitative estimate of drug-likeness (QED) is 0.453. The van der Waals surface area contributed by atoms with Gasteiger partial charge in [0.25, 0.3) is 0 Å². The average Bonchev–Trinajstić information content (AvgIpc) is 3.52. The van der Waals surface area contributed by atoms with E-state index in [9.17, 15) is 9.90 Å². The van der Waals surface area contributed by atoms with E-state index in [0.717, 1.165) is 25.2 Å². The van der Waals surface area contributed by atoms with Gasteiger partial charge in [-0.05, 0) is 48.7 Å². The number of carbonyl (C=O) groups is 1. The molecule has 0 amide bonds. The minimum atomic E-state index is -1.01. The zero-order valence-corrected chi connectivity index (χ0v) is 18.3. The number of hydrogen-bond donors (Lipinski definition) is 3. The number of carboxylic acids is 1. The van der Waals surface area contributed by atoms with Crippen LogP contribution in [-0.4, -0.2) is 58.0 Å². The second-order valence-corrected chi connectivity index (χ2v) is 7.72. The number of methoxy groups -OCH3 is 1. The highest BCUT2D eigenvalue weighted by molar-refractivity contribution is 6.10. The van der Waals surface area contributed by atoms with Crippen LogP contribution in [-0.2, 0) is 4.74 Å². The van der Waals surface area contributed by atoms with Crippen LogP contribution in [0.4, 0.5) is 11.6 Å². The van der Waals surface area contributed by atoms with Crippen LogP contribution in [0.5, 0.6) is 0 Å². The number of aromatic nitrogens is 3. The van der Waals surface area contributed by atoms with E-state index in [4.69, 9.17) is 20.4 Å². The maximum atomic E-state index is 11.3. The van der Waals surface area contributed by atoms with E-state index in [1.807, 2.05) is 18.2 Å². The smallest absolute Gasteiger partial charge is 0.335 e. The summed E-state index contributed by atoms with van der Waals surface area (Å²) in [5.74, 6) is 0.878. The summed E-state index contributed by atoms with van der Waals surface area (Å²) in [5, 5.41) is 9.27. The van der Waals surface area contributed by atoms with Gasteiger partial charge in [-0.15, -0.1) is 0 Å². The van der Waals surface area contributed by atoms with Crippen LogP contribution < -0.4 is 10.6 Å². The van der Waals surface area contributed by atoms with Crippen molar-refractivity contribution in [1.29, 1.82) is 0 Å². The fourth-order valence-electron chi connectivity index (χ4n) is 3.88. The van der Waals surface area contributed by atoms with Gasteiger partial charge < -0.3 is 25.5 Å².